The van der Waals surface area contributed by atoms with Gasteiger partial charge in [0.25, 0.3) is 5.56 Å². The van der Waals surface area contributed by atoms with Crippen LogP contribution in [0, 0.1) is 3.57 Å². The van der Waals surface area contributed by atoms with Gasteiger partial charge in [-0.05, 0) is 52.4 Å². The second-order valence-corrected chi connectivity index (χ2v) is 6.28. The second-order valence-electron chi connectivity index (χ2n) is 5.12. The maximum atomic E-state index is 12.7. The molecule has 0 aliphatic carbocycles. The van der Waals surface area contributed by atoms with Gasteiger partial charge in [0, 0.05) is 6.54 Å². The lowest BCUT2D eigenvalue weighted by atomic mass is 10.2. The molecule has 0 aliphatic rings. The number of hydrogen-bond acceptors (Lipinski definition) is 4. The first-order chi connectivity index (χ1) is 11.7. The number of nitrogens with zero attached hydrogens (tertiary/aromatic N) is 2. The lowest BCUT2D eigenvalue weighted by molar-refractivity contribution is 0.414. The zero-order chi connectivity index (χ0) is 16.9. The molecule has 0 saturated heterocycles. The van der Waals surface area contributed by atoms with E-state index in [1.807, 2.05) is 54.6 Å². The van der Waals surface area contributed by atoms with Crippen molar-refractivity contribution in [2.75, 3.05) is 12.4 Å². The first kappa shape index (κ1) is 16.5. The molecule has 6 heteroatoms. The highest BCUT2D eigenvalue weighted by molar-refractivity contribution is 14.1. The average molecular weight is 433 g/mol. The van der Waals surface area contributed by atoms with Crippen LogP contribution in [0.5, 0.6) is 5.75 Å². The standard InChI is InChI=1S/C18H16IN3O2/c1-24-15-9-7-13(8-10-15)11-20-17-16(19)12-21-22(18(17)23)14-5-3-2-4-6-14/h2-10,12,20H,11H2,1H3. The normalized spacial score (nSPS) is 10.4. The molecule has 122 valence electrons. The van der Waals surface area contributed by atoms with E-state index in [-0.39, 0.29) is 5.56 Å². The highest BCUT2D eigenvalue weighted by Crippen LogP contribution is 2.16. The van der Waals surface area contributed by atoms with Gasteiger partial charge in [0.1, 0.15) is 11.4 Å². The fraction of sp³-hybridized carbons (Fsp3) is 0.111. The molecule has 0 saturated carbocycles. The van der Waals surface area contributed by atoms with Crippen LogP contribution in [0.1, 0.15) is 5.56 Å². The Morgan fingerprint density at radius 3 is 2.50 bits per heavy atom. The molecular formula is C18H16IN3O2. The zero-order valence-electron chi connectivity index (χ0n) is 13.1. The zero-order valence-corrected chi connectivity index (χ0v) is 15.2. The summed E-state index contributed by atoms with van der Waals surface area (Å²) in [6.45, 7) is 0.550. The second kappa shape index (κ2) is 7.48. The molecule has 0 bridgehead atoms. The van der Waals surface area contributed by atoms with Crippen LogP contribution >= 0.6 is 22.6 Å². The minimum atomic E-state index is -0.165. The number of rotatable bonds is 5. The summed E-state index contributed by atoms with van der Waals surface area (Å²) in [4.78, 5) is 12.7. The van der Waals surface area contributed by atoms with Crippen molar-refractivity contribution in [1.29, 1.82) is 0 Å². The maximum Gasteiger partial charge on any atom is 0.295 e. The van der Waals surface area contributed by atoms with Crippen molar-refractivity contribution in [2.45, 2.75) is 6.54 Å². The van der Waals surface area contributed by atoms with Gasteiger partial charge in [-0.3, -0.25) is 4.79 Å². The van der Waals surface area contributed by atoms with Gasteiger partial charge in [-0.15, -0.1) is 0 Å². The number of para-hydroxylation sites is 1. The molecule has 0 spiro atoms. The molecule has 5 nitrogen and oxygen atoms in total. The van der Waals surface area contributed by atoms with Crippen LogP contribution in [-0.4, -0.2) is 16.9 Å². The minimum absolute atomic E-state index is 0.165. The molecule has 24 heavy (non-hydrogen) atoms. The van der Waals surface area contributed by atoms with Gasteiger partial charge in [0.05, 0.1) is 22.6 Å². The minimum Gasteiger partial charge on any atom is -0.497 e. The number of methoxy groups -OCH3 is 1. The fourth-order valence-electron chi connectivity index (χ4n) is 2.28. The SMILES string of the molecule is COc1ccc(CNc2c(I)cnn(-c3ccccc3)c2=O)cc1. The third kappa shape index (κ3) is 3.59. The first-order valence-electron chi connectivity index (χ1n) is 7.39. The number of benzene rings is 2. The Morgan fingerprint density at radius 2 is 1.83 bits per heavy atom. The van der Waals surface area contributed by atoms with E-state index in [2.05, 4.69) is 33.0 Å². The Balaban J connectivity index is 1.86. The largest absolute Gasteiger partial charge is 0.497 e. The number of hydrogen-bond donors (Lipinski definition) is 1. The quantitative estimate of drug-likeness (QED) is 0.627. The van der Waals surface area contributed by atoms with E-state index in [4.69, 9.17) is 4.74 Å². The molecule has 3 rings (SSSR count). The van der Waals surface area contributed by atoms with Crippen LogP contribution in [0.15, 0.2) is 65.6 Å². The number of nitrogens with one attached hydrogen (secondary N) is 1. The average Bonchev–Trinajstić information content (AvgIpc) is 2.63. The van der Waals surface area contributed by atoms with Crippen molar-refractivity contribution in [3.8, 4) is 11.4 Å². The molecule has 2 aromatic carbocycles. The topological polar surface area (TPSA) is 56.1 Å². The molecule has 1 N–H and O–H groups in total. The van der Waals surface area contributed by atoms with Crippen LogP contribution in [-0.2, 0) is 6.54 Å². The van der Waals surface area contributed by atoms with Crippen LogP contribution in [0.3, 0.4) is 0 Å². The third-order valence-corrected chi connectivity index (χ3v) is 4.38. The molecule has 1 heterocycles. The first-order valence-corrected chi connectivity index (χ1v) is 8.47. The third-order valence-electron chi connectivity index (χ3n) is 3.56. The van der Waals surface area contributed by atoms with Gasteiger partial charge in [0.15, 0.2) is 0 Å². The van der Waals surface area contributed by atoms with Gasteiger partial charge in [-0.25, -0.2) is 0 Å². The Kier molecular flexibility index (Phi) is 5.14. The van der Waals surface area contributed by atoms with E-state index >= 15 is 0 Å². The summed E-state index contributed by atoms with van der Waals surface area (Å²) in [5.74, 6) is 0.809. The van der Waals surface area contributed by atoms with Crippen molar-refractivity contribution >= 4 is 28.3 Å². The van der Waals surface area contributed by atoms with E-state index in [1.54, 1.807) is 13.3 Å². The van der Waals surface area contributed by atoms with Crippen LogP contribution in [0.4, 0.5) is 5.69 Å². The van der Waals surface area contributed by atoms with E-state index in [1.165, 1.54) is 4.68 Å². The summed E-state index contributed by atoms with van der Waals surface area (Å²) in [7, 11) is 1.64. The molecule has 0 unspecified atom stereocenters. The number of halogens is 1. The van der Waals surface area contributed by atoms with Gasteiger partial charge in [-0.2, -0.15) is 9.78 Å². The Hall–Kier alpha value is -2.35. The summed E-state index contributed by atoms with van der Waals surface area (Å²) >= 11 is 2.12. The lowest BCUT2D eigenvalue weighted by Gasteiger charge is -2.11. The van der Waals surface area contributed by atoms with Gasteiger partial charge >= 0.3 is 0 Å². The maximum absolute atomic E-state index is 12.7. The number of anilines is 1. The van der Waals surface area contributed by atoms with Crippen molar-refractivity contribution in [3.63, 3.8) is 0 Å². The predicted molar refractivity (Wildman–Crippen MR) is 103 cm³/mol. The van der Waals surface area contributed by atoms with E-state index in [9.17, 15) is 4.79 Å². The molecule has 0 amide bonds. The molecule has 3 aromatic rings. The van der Waals surface area contributed by atoms with Crippen molar-refractivity contribution in [3.05, 3.63) is 80.3 Å². The Morgan fingerprint density at radius 1 is 1.12 bits per heavy atom. The van der Waals surface area contributed by atoms with Crippen LogP contribution in [0.25, 0.3) is 5.69 Å². The highest BCUT2D eigenvalue weighted by atomic mass is 127. The molecular weight excluding hydrogens is 417 g/mol. The van der Waals surface area contributed by atoms with Crippen molar-refractivity contribution in [1.82, 2.24) is 9.78 Å². The van der Waals surface area contributed by atoms with Gasteiger partial charge in [-0.1, -0.05) is 30.3 Å². The summed E-state index contributed by atoms with van der Waals surface area (Å²) in [5, 5.41) is 7.45. The number of aromatic nitrogens is 2. The van der Waals surface area contributed by atoms with Gasteiger partial charge in [0.2, 0.25) is 0 Å². The molecule has 1 aromatic heterocycles. The van der Waals surface area contributed by atoms with E-state index in [0.29, 0.717) is 12.2 Å². The Bertz CT molecular complexity index is 877. The molecule has 0 aliphatic heterocycles. The fourth-order valence-corrected chi connectivity index (χ4v) is 2.83. The molecule has 0 fully saturated rings. The molecule has 0 radical (unpaired) electrons. The van der Waals surface area contributed by atoms with Crippen LogP contribution < -0.4 is 15.6 Å². The monoisotopic (exact) mass is 433 g/mol. The summed E-state index contributed by atoms with van der Waals surface area (Å²) < 4.78 is 7.34. The van der Waals surface area contributed by atoms with Crippen molar-refractivity contribution in [2.24, 2.45) is 0 Å². The Labute approximate surface area is 153 Å². The van der Waals surface area contributed by atoms with E-state index in [0.717, 1.165) is 20.6 Å². The smallest absolute Gasteiger partial charge is 0.295 e. The lowest BCUT2D eigenvalue weighted by Crippen LogP contribution is -2.25. The number of ether oxygens (including phenoxy) is 1. The predicted octanol–water partition coefficient (Wildman–Crippen LogP) is 3.46. The van der Waals surface area contributed by atoms with E-state index < -0.39 is 0 Å². The summed E-state index contributed by atoms with van der Waals surface area (Å²) in [6.07, 6.45) is 1.69. The van der Waals surface area contributed by atoms with Gasteiger partial charge < -0.3 is 10.1 Å². The molecule has 0 atom stereocenters. The van der Waals surface area contributed by atoms with Crippen LogP contribution in [0.2, 0.25) is 0 Å². The van der Waals surface area contributed by atoms with Crippen molar-refractivity contribution < 1.29 is 4.74 Å². The summed E-state index contributed by atoms with van der Waals surface area (Å²) in [5.41, 5.74) is 2.19. The summed E-state index contributed by atoms with van der Waals surface area (Å²) in [6, 6.07) is 17.1. The highest BCUT2D eigenvalue weighted by Gasteiger charge is 2.10.